The number of nitrogens with one attached hydrogen (secondary N) is 2. The van der Waals surface area contributed by atoms with Gasteiger partial charge >= 0.3 is 0 Å². The normalized spacial score (nSPS) is 18.1. The van der Waals surface area contributed by atoms with Crippen LogP contribution < -0.4 is 10.6 Å². The number of oxazole rings is 1. The molecule has 0 spiro atoms. The number of carbonyl (C=O) groups is 3. The van der Waals surface area contributed by atoms with Crippen LogP contribution in [0.4, 0.5) is 5.69 Å². The first-order chi connectivity index (χ1) is 15.9. The van der Waals surface area contributed by atoms with Gasteiger partial charge in [-0.3, -0.25) is 19.7 Å². The lowest BCUT2D eigenvalue weighted by molar-refractivity contribution is -0.138. The Balaban J connectivity index is 1.34. The molecule has 0 aliphatic carbocycles. The molecule has 1 fully saturated rings. The number of aromatic nitrogens is 1. The molecule has 4 rings (SSSR count). The lowest BCUT2D eigenvalue weighted by Crippen LogP contribution is -2.51. The van der Waals surface area contributed by atoms with E-state index in [0.717, 1.165) is 11.1 Å². The van der Waals surface area contributed by atoms with Gasteiger partial charge in [-0.1, -0.05) is 48.9 Å². The van der Waals surface area contributed by atoms with E-state index in [2.05, 4.69) is 15.6 Å². The molecule has 2 N–H and O–H groups in total. The molecule has 0 bridgehead atoms. The van der Waals surface area contributed by atoms with Crippen LogP contribution in [0.5, 0.6) is 0 Å². The van der Waals surface area contributed by atoms with E-state index in [9.17, 15) is 14.4 Å². The molecule has 0 saturated carbocycles. The Hall–Kier alpha value is -3.74. The highest BCUT2D eigenvalue weighted by atomic mass is 16.4. The Morgan fingerprint density at radius 3 is 2.52 bits per heavy atom. The van der Waals surface area contributed by atoms with Gasteiger partial charge in [0.25, 0.3) is 0 Å². The summed E-state index contributed by atoms with van der Waals surface area (Å²) in [5, 5.41) is 5.32. The van der Waals surface area contributed by atoms with E-state index in [1.807, 2.05) is 50.2 Å². The summed E-state index contributed by atoms with van der Waals surface area (Å²) in [5.41, 5.74) is 2.90. The number of hydrogen-bond acceptors (Lipinski definition) is 5. The molecule has 2 heterocycles. The second kappa shape index (κ2) is 9.40. The number of aryl methyl sites for hydroxylation is 2. The van der Waals surface area contributed by atoms with Crippen molar-refractivity contribution >= 4 is 23.4 Å². The van der Waals surface area contributed by atoms with Crippen molar-refractivity contribution < 1.29 is 18.8 Å². The van der Waals surface area contributed by atoms with Gasteiger partial charge < -0.3 is 9.73 Å². The highest BCUT2D eigenvalue weighted by Crippen LogP contribution is 2.36. The number of benzene rings is 2. The fraction of sp³-hybridized carbons (Fsp3) is 0.308. The number of piperidine rings is 1. The van der Waals surface area contributed by atoms with E-state index >= 15 is 0 Å². The van der Waals surface area contributed by atoms with Crippen LogP contribution in [0.15, 0.2) is 59.1 Å². The smallest absolute Gasteiger partial charge is 0.237 e. The van der Waals surface area contributed by atoms with Crippen LogP contribution in [0.2, 0.25) is 0 Å². The molecule has 33 heavy (non-hydrogen) atoms. The molecule has 1 aromatic heterocycles. The Morgan fingerprint density at radius 2 is 1.85 bits per heavy atom. The molecule has 7 nitrogen and oxygen atoms in total. The largest absolute Gasteiger partial charge is 0.441 e. The average Bonchev–Trinajstić information content (AvgIpc) is 3.28. The molecule has 1 unspecified atom stereocenters. The maximum atomic E-state index is 12.5. The minimum absolute atomic E-state index is 0.149. The van der Waals surface area contributed by atoms with E-state index in [1.165, 1.54) is 5.56 Å². The van der Waals surface area contributed by atoms with Crippen molar-refractivity contribution in [3.05, 3.63) is 71.7 Å². The first-order valence-electron chi connectivity index (χ1n) is 11.2. The summed E-state index contributed by atoms with van der Waals surface area (Å²) < 4.78 is 5.78. The number of hydrogen-bond donors (Lipinski definition) is 2. The molecule has 1 aliphatic heterocycles. The van der Waals surface area contributed by atoms with Crippen LogP contribution in [0.3, 0.4) is 0 Å². The zero-order valence-corrected chi connectivity index (χ0v) is 18.8. The van der Waals surface area contributed by atoms with Crippen molar-refractivity contribution in [1.82, 2.24) is 10.3 Å². The SMILES string of the molecule is CCC1(c2ccc(NC(=O)CCc3ncc(-c4ccc(C)cc4)o3)cc2)CCC(=O)NC1=O. The zero-order valence-electron chi connectivity index (χ0n) is 18.8. The lowest BCUT2D eigenvalue weighted by Gasteiger charge is -2.35. The highest BCUT2D eigenvalue weighted by Gasteiger charge is 2.42. The molecule has 1 atom stereocenters. The third-order valence-corrected chi connectivity index (χ3v) is 6.25. The van der Waals surface area contributed by atoms with Crippen LogP contribution in [-0.2, 0) is 26.2 Å². The zero-order chi connectivity index (χ0) is 23.4. The summed E-state index contributed by atoms with van der Waals surface area (Å²) in [6.07, 6.45) is 3.71. The van der Waals surface area contributed by atoms with E-state index in [-0.39, 0.29) is 24.1 Å². The van der Waals surface area contributed by atoms with Gasteiger partial charge in [0.2, 0.25) is 17.7 Å². The topological polar surface area (TPSA) is 101 Å². The summed E-state index contributed by atoms with van der Waals surface area (Å²) in [5.74, 6) is 0.557. The molecular weight excluding hydrogens is 418 g/mol. The van der Waals surface area contributed by atoms with E-state index in [4.69, 9.17) is 4.42 Å². The minimum Gasteiger partial charge on any atom is -0.441 e. The van der Waals surface area contributed by atoms with Gasteiger partial charge in [-0.25, -0.2) is 4.98 Å². The number of rotatable bonds is 7. The quantitative estimate of drug-likeness (QED) is 0.528. The van der Waals surface area contributed by atoms with Crippen molar-refractivity contribution in [2.24, 2.45) is 0 Å². The molecule has 1 aliphatic rings. The van der Waals surface area contributed by atoms with Crippen molar-refractivity contribution in [3.8, 4) is 11.3 Å². The van der Waals surface area contributed by atoms with Gasteiger partial charge in [0.15, 0.2) is 11.7 Å². The van der Waals surface area contributed by atoms with Gasteiger partial charge in [-0.15, -0.1) is 0 Å². The standard InChI is InChI=1S/C26H27N3O4/c1-3-26(15-14-23(31)29-25(26)32)19-8-10-20(11-9-19)28-22(30)12-13-24-27-16-21(33-24)18-6-4-17(2)5-7-18/h4-11,16H,3,12-15H2,1-2H3,(H,28,30)(H,29,31,32). The number of anilines is 1. The Morgan fingerprint density at radius 1 is 1.12 bits per heavy atom. The minimum atomic E-state index is -0.712. The third-order valence-electron chi connectivity index (χ3n) is 6.25. The summed E-state index contributed by atoms with van der Waals surface area (Å²) in [4.78, 5) is 40.8. The van der Waals surface area contributed by atoms with Crippen molar-refractivity contribution in [1.29, 1.82) is 0 Å². The van der Waals surface area contributed by atoms with E-state index in [0.29, 0.717) is 43.0 Å². The monoisotopic (exact) mass is 445 g/mol. The van der Waals surface area contributed by atoms with Gasteiger partial charge in [0.05, 0.1) is 11.6 Å². The second-order valence-corrected chi connectivity index (χ2v) is 8.42. The van der Waals surface area contributed by atoms with Gasteiger partial charge in [0.1, 0.15) is 0 Å². The van der Waals surface area contributed by atoms with Gasteiger partial charge in [-0.05, 0) is 37.5 Å². The number of carbonyl (C=O) groups excluding carboxylic acids is 3. The van der Waals surface area contributed by atoms with Crippen molar-refractivity contribution in [2.75, 3.05) is 5.32 Å². The predicted molar refractivity (Wildman–Crippen MR) is 124 cm³/mol. The lowest BCUT2D eigenvalue weighted by atomic mass is 9.72. The maximum absolute atomic E-state index is 12.5. The van der Waals surface area contributed by atoms with Crippen LogP contribution in [0.1, 0.15) is 49.6 Å². The average molecular weight is 446 g/mol. The Bertz CT molecular complexity index is 1170. The third kappa shape index (κ3) is 4.87. The predicted octanol–water partition coefficient (Wildman–Crippen LogP) is 4.31. The fourth-order valence-corrected chi connectivity index (χ4v) is 4.16. The summed E-state index contributed by atoms with van der Waals surface area (Å²) >= 11 is 0. The second-order valence-electron chi connectivity index (χ2n) is 8.42. The summed E-state index contributed by atoms with van der Waals surface area (Å²) in [6, 6.07) is 15.2. The van der Waals surface area contributed by atoms with Crippen molar-refractivity contribution in [3.63, 3.8) is 0 Å². The Labute approximate surface area is 192 Å². The molecule has 3 aromatic rings. The molecule has 1 saturated heterocycles. The van der Waals surface area contributed by atoms with Crippen LogP contribution in [0.25, 0.3) is 11.3 Å². The fourth-order valence-electron chi connectivity index (χ4n) is 4.16. The number of imide groups is 1. The summed E-state index contributed by atoms with van der Waals surface area (Å²) in [7, 11) is 0. The van der Waals surface area contributed by atoms with Crippen LogP contribution in [0, 0.1) is 6.92 Å². The Kier molecular flexibility index (Phi) is 6.40. The number of nitrogens with zero attached hydrogens (tertiary/aromatic N) is 1. The van der Waals surface area contributed by atoms with Crippen molar-refractivity contribution in [2.45, 2.75) is 51.4 Å². The highest BCUT2D eigenvalue weighted by molar-refractivity contribution is 6.03. The maximum Gasteiger partial charge on any atom is 0.237 e. The van der Waals surface area contributed by atoms with Gasteiger partial charge in [-0.2, -0.15) is 0 Å². The van der Waals surface area contributed by atoms with Crippen LogP contribution >= 0.6 is 0 Å². The molecular formula is C26H27N3O4. The molecule has 170 valence electrons. The first kappa shape index (κ1) is 22.5. The van der Waals surface area contributed by atoms with Crippen LogP contribution in [-0.4, -0.2) is 22.7 Å². The van der Waals surface area contributed by atoms with Gasteiger partial charge in [0, 0.05) is 30.5 Å². The molecule has 0 radical (unpaired) electrons. The van der Waals surface area contributed by atoms with E-state index < -0.39 is 5.41 Å². The molecule has 7 heteroatoms. The number of amides is 3. The molecule has 2 aromatic carbocycles. The first-order valence-corrected chi connectivity index (χ1v) is 11.2. The summed E-state index contributed by atoms with van der Waals surface area (Å²) in [6.45, 7) is 3.97. The van der Waals surface area contributed by atoms with E-state index in [1.54, 1.807) is 18.3 Å². The molecule has 3 amide bonds.